The fourth-order valence-corrected chi connectivity index (χ4v) is 4.85. The van der Waals surface area contributed by atoms with E-state index in [1.54, 1.807) is 16.4 Å². The Balaban J connectivity index is 1.74. The fraction of sp³-hybridized carbons (Fsp3) is 0.292. The van der Waals surface area contributed by atoms with E-state index < -0.39 is 6.04 Å². The lowest BCUT2D eigenvalue weighted by atomic mass is 9.95. The highest BCUT2D eigenvalue weighted by Crippen LogP contribution is 2.39. The topological polar surface area (TPSA) is 71.8 Å². The molecule has 6 nitrogen and oxygen atoms in total. The van der Waals surface area contributed by atoms with E-state index >= 15 is 0 Å². The van der Waals surface area contributed by atoms with Crippen LogP contribution in [0.15, 0.2) is 65.0 Å². The van der Waals surface area contributed by atoms with Gasteiger partial charge in [0.15, 0.2) is 0 Å². The lowest BCUT2D eigenvalue weighted by Crippen LogP contribution is -2.31. The van der Waals surface area contributed by atoms with Crippen LogP contribution in [-0.4, -0.2) is 26.4 Å². The van der Waals surface area contributed by atoms with Gasteiger partial charge in [-0.15, -0.1) is 5.10 Å². The Bertz CT molecular complexity index is 1170. The molecule has 1 unspecified atom stereocenters. The van der Waals surface area contributed by atoms with Crippen molar-refractivity contribution in [3.8, 4) is 0 Å². The third-order valence-electron chi connectivity index (χ3n) is 5.28. The van der Waals surface area contributed by atoms with Crippen LogP contribution in [0.1, 0.15) is 43.9 Å². The lowest BCUT2D eigenvalue weighted by Gasteiger charge is -2.29. The summed E-state index contributed by atoms with van der Waals surface area (Å²) in [6.45, 7) is 6.04. The summed E-state index contributed by atoms with van der Waals surface area (Å²) in [4.78, 5) is 18.2. The number of nitrogens with zero attached hydrogens (tertiary/aromatic N) is 3. The summed E-state index contributed by atoms with van der Waals surface area (Å²) in [5.74, 6) is 1.36. The van der Waals surface area contributed by atoms with E-state index in [9.17, 15) is 4.79 Å². The molecule has 1 aliphatic heterocycles. The second kappa shape index (κ2) is 9.79. The summed E-state index contributed by atoms with van der Waals surface area (Å²) in [7, 11) is 0. The Hall–Kier alpha value is -2.77. The van der Waals surface area contributed by atoms with Crippen LogP contribution in [0.5, 0.6) is 0 Å². The van der Waals surface area contributed by atoms with Gasteiger partial charge >= 0.3 is 0 Å². The molecule has 4 rings (SSSR count). The van der Waals surface area contributed by atoms with E-state index in [0.717, 1.165) is 41.1 Å². The van der Waals surface area contributed by atoms with Gasteiger partial charge < -0.3 is 10.6 Å². The molecule has 0 saturated carbocycles. The number of nitrogens with one attached hydrogen (secondary N) is 2. The predicted octanol–water partition coefficient (Wildman–Crippen LogP) is 6.06. The Labute approximate surface area is 197 Å². The summed E-state index contributed by atoms with van der Waals surface area (Å²) in [6, 6.07) is 14.8. The van der Waals surface area contributed by atoms with Gasteiger partial charge in [-0.25, -0.2) is 4.68 Å². The van der Waals surface area contributed by atoms with Gasteiger partial charge in [0.25, 0.3) is 5.91 Å². The third-order valence-corrected chi connectivity index (χ3v) is 6.55. The number of rotatable bonds is 7. The molecular formula is C24H26ClN5OS. The first-order chi connectivity index (χ1) is 15.5. The molecule has 2 aromatic carbocycles. The molecule has 166 valence electrons. The van der Waals surface area contributed by atoms with E-state index in [2.05, 4.69) is 22.5 Å². The van der Waals surface area contributed by atoms with Gasteiger partial charge in [-0.1, -0.05) is 67.0 Å². The van der Waals surface area contributed by atoms with Gasteiger partial charge in [0.1, 0.15) is 6.04 Å². The molecule has 0 spiro atoms. The molecular weight excluding hydrogens is 442 g/mol. The van der Waals surface area contributed by atoms with Crippen LogP contribution in [-0.2, 0) is 4.79 Å². The van der Waals surface area contributed by atoms with Crippen LogP contribution in [0.3, 0.4) is 0 Å². The number of allylic oxidation sites excluding steroid dienone is 1. The number of thioether (sulfide) groups is 1. The number of hydrogen-bond donors (Lipinski definition) is 2. The maximum atomic E-state index is 13.5. The number of hydrogen-bond acceptors (Lipinski definition) is 5. The van der Waals surface area contributed by atoms with Gasteiger partial charge in [-0.05, 0) is 44.0 Å². The molecule has 1 aliphatic rings. The number of benzene rings is 2. The lowest BCUT2D eigenvalue weighted by molar-refractivity contribution is -0.113. The van der Waals surface area contributed by atoms with E-state index in [1.807, 2.05) is 62.4 Å². The molecule has 0 saturated heterocycles. The van der Waals surface area contributed by atoms with Crippen molar-refractivity contribution in [3.63, 3.8) is 0 Å². The van der Waals surface area contributed by atoms with Crippen LogP contribution >= 0.6 is 23.4 Å². The number of aromatic nitrogens is 3. The van der Waals surface area contributed by atoms with Crippen LogP contribution < -0.4 is 10.6 Å². The van der Waals surface area contributed by atoms with E-state index in [0.29, 0.717) is 21.7 Å². The first kappa shape index (κ1) is 22.4. The standard InChI is InChI=1S/C24H26ClN5OS/c1-4-5-13-32-24-28-23-26-16(3)20(22(31)27-17-10-8-9-15(2)14-17)21(30(23)29-24)18-11-6-7-12-19(18)25/h6-12,14,21H,4-5,13H2,1-3H3,(H,27,31)(H,26,28,29). The predicted molar refractivity (Wildman–Crippen MR) is 131 cm³/mol. The summed E-state index contributed by atoms with van der Waals surface area (Å²) in [5, 5.41) is 12.3. The van der Waals surface area contributed by atoms with Crippen molar-refractivity contribution in [2.75, 3.05) is 16.4 Å². The van der Waals surface area contributed by atoms with Crippen molar-refractivity contribution in [3.05, 3.63) is 76.0 Å². The minimum absolute atomic E-state index is 0.202. The third kappa shape index (κ3) is 4.69. The minimum Gasteiger partial charge on any atom is -0.328 e. The molecule has 2 N–H and O–H groups in total. The number of unbranched alkanes of at least 4 members (excludes halogenated alkanes) is 1. The maximum Gasteiger partial charge on any atom is 0.255 e. The quantitative estimate of drug-likeness (QED) is 0.326. The van der Waals surface area contributed by atoms with Crippen molar-refractivity contribution in [1.29, 1.82) is 0 Å². The fourth-order valence-electron chi connectivity index (χ4n) is 3.70. The largest absolute Gasteiger partial charge is 0.328 e. The molecule has 0 aliphatic carbocycles. The van der Waals surface area contributed by atoms with Crippen molar-refractivity contribution in [1.82, 2.24) is 14.8 Å². The van der Waals surface area contributed by atoms with Crippen LogP contribution in [0.4, 0.5) is 11.6 Å². The Morgan fingerprint density at radius 1 is 1.22 bits per heavy atom. The highest BCUT2D eigenvalue weighted by molar-refractivity contribution is 7.99. The highest BCUT2D eigenvalue weighted by Gasteiger charge is 2.35. The molecule has 8 heteroatoms. The average molecular weight is 468 g/mol. The number of carbonyl (C=O) groups excluding carboxylic acids is 1. The first-order valence-electron chi connectivity index (χ1n) is 10.7. The zero-order chi connectivity index (χ0) is 22.7. The van der Waals surface area contributed by atoms with Gasteiger partial charge in [0.05, 0.1) is 5.57 Å². The van der Waals surface area contributed by atoms with Crippen molar-refractivity contribution in [2.45, 2.75) is 44.8 Å². The van der Waals surface area contributed by atoms with Crippen molar-refractivity contribution < 1.29 is 4.79 Å². The molecule has 32 heavy (non-hydrogen) atoms. The zero-order valence-electron chi connectivity index (χ0n) is 18.4. The SMILES string of the molecule is CCCCSc1nc2n(n1)C(c1ccccc1Cl)C(C(=O)Nc1cccc(C)c1)=C(C)N2. The second-order valence-electron chi connectivity index (χ2n) is 7.78. The van der Waals surface area contributed by atoms with Gasteiger partial charge in [-0.2, -0.15) is 4.98 Å². The molecule has 0 radical (unpaired) electrons. The maximum absolute atomic E-state index is 13.5. The van der Waals surface area contributed by atoms with Crippen LogP contribution in [0, 0.1) is 6.92 Å². The van der Waals surface area contributed by atoms with Crippen LogP contribution in [0.2, 0.25) is 5.02 Å². The number of fused-ring (bicyclic) bond motifs is 1. The molecule has 0 fully saturated rings. The number of halogens is 1. The Kier molecular flexibility index (Phi) is 6.86. The second-order valence-corrected chi connectivity index (χ2v) is 9.25. The number of anilines is 2. The van der Waals surface area contributed by atoms with E-state index in [1.165, 1.54) is 0 Å². The first-order valence-corrected chi connectivity index (χ1v) is 12.0. The molecule has 3 aromatic rings. The summed E-state index contributed by atoms with van der Waals surface area (Å²) < 4.78 is 1.77. The molecule has 1 aromatic heterocycles. The van der Waals surface area contributed by atoms with E-state index in [-0.39, 0.29) is 5.91 Å². The summed E-state index contributed by atoms with van der Waals surface area (Å²) in [5.41, 5.74) is 3.91. The Morgan fingerprint density at radius 3 is 2.78 bits per heavy atom. The number of amides is 1. The smallest absolute Gasteiger partial charge is 0.255 e. The van der Waals surface area contributed by atoms with Crippen molar-refractivity contribution >= 4 is 40.9 Å². The zero-order valence-corrected chi connectivity index (χ0v) is 19.9. The minimum atomic E-state index is -0.488. The van der Waals surface area contributed by atoms with Gasteiger partial charge in [0, 0.05) is 27.7 Å². The highest BCUT2D eigenvalue weighted by atomic mass is 35.5. The number of carbonyl (C=O) groups is 1. The molecule has 2 heterocycles. The van der Waals surface area contributed by atoms with Gasteiger partial charge in [0.2, 0.25) is 11.1 Å². The normalized spacial score (nSPS) is 15.3. The Morgan fingerprint density at radius 2 is 2.03 bits per heavy atom. The molecule has 1 atom stereocenters. The average Bonchev–Trinajstić information content (AvgIpc) is 3.15. The summed E-state index contributed by atoms with van der Waals surface area (Å²) >= 11 is 8.21. The van der Waals surface area contributed by atoms with E-state index in [4.69, 9.17) is 16.7 Å². The summed E-state index contributed by atoms with van der Waals surface area (Å²) in [6.07, 6.45) is 2.21. The number of aryl methyl sites for hydroxylation is 1. The van der Waals surface area contributed by atoms with Crippen LogP contribution in [0.25, 0.3) is 0 Å². The van der Waals surface area contributed by atoms with Crippen molar-refractivity contribution in [2.24, 2.45) is 0 Å². The molecule has 1 amide bonds. The monoisotopic (exact) mass is 467 g/mol. The molecule has 0 bridgehead atoms. The van der Waals surface area contributed by atoms with Gasteiger partial charge in [-0.3, -0.25) is 4.79 Å².